The summed E-state index contributed by atoms with van der Waals surface area (Å²) in [6, 6.07) is 19.4. The van der Waals surface area contributed by atoms with Crippen LogP contribution in [0.5, 0.6) is 0 Å². The molecule has 0 aromatic heterocycles. The molecule has 2 aromatic rings. The van der Waals surface area contributed by atoms with Gasteiger partial charge in [-0.25, -0.2) is 0 Å². The first-order chi connectivity index (χ1) is 12.5. The van der Waals surface area contributed by atoms with Crippen molar-refractivity contribution in [3.8, 4) is 0 Å². The molecule has 2 rings (SSSR count). The molecule has 3 heteroatoms. The Morgan fingerprint density at radius 1 is 0.846 bits per heavy atom. The third-order valence-electron chi connectivity index (χ3n) is 4.84. The molecule has 0 aliphatic rings. The van der Waals surface area contributed by atoms with Crippen LogP contribution >= 0.6 is 0 Å². The second-order valence-corrected chi connectivity index (χ2v) is 7.18. The first-order valence-corrected chi connectivity index (χ1v) is 9.24. The number of Topliss-reactive ketones (excluding diaryl/α,β-unsaturated/α-hetero) is 1. The molecule has 0 aliphatic heterocycles. The maximum absolute atomic E-state index is 12.7. The zero-order valence-electron chi connectivity index (χ0n) is 15.9. The number of ether oxygens (including phenoxy) is 1. The van der Waals surface area contributed by atoms with E-state index in [1.54, 1.807) is 0 Å². The van der Waals surface area contributed by atoms with Gasteiger partial charge in [0.15, 0.2) is 0 Å². The zero-order chi connectivity index (χ0) is 18.9. The highest BCUT2D eigenvalue weighted by Gasteiger charge is 2.27. The summed E-state index contributed by atoms with van der Waals surface area (Å²) in [5.41, 5.74) is 1.99. The van der Waals surface area contributed by atoms with E-state index in [-0.39, 0.29) is 36.6 Å². The summed E-state index contributed by atoms with van der Waals surface area (Å²) >= 11 is 0. The van der Waals surface area contributed by atoms with Crippen LogP contribution in [0.4, 0.5) is 0 Å². The highest BCUT2D eigenvalue weighted by Crippen LogP contribution is 2.21. The molecular weight excluding hydrogens is 324 g/mol. The van der Waals surface area contributed by atoms with Crippen molar-refractivity contribution in [1.29, 1.82) is 0 Å². The average Bonchev–Trinajstić information content (AvgIpc) is 2.66. The Labute approximate surface area is 156 Å². The number of carbonyl (C=O) groups excluding carboxylic acids is 2. The molecule has 3 nitrogen and oxygen atoms in total. The number of hydrogen-bond donors (Lipinski definition) is 0. The Balaban J connectivity index is 2.05. The van der Waals surface area contributed by atoms with Crippen LogP contribution in [0.2, 0.25) is 0 Å². The van der Waals surface area contributed by atoms with Gasteiger partial charge in [-0.3, -0.25) is 9.59 Å². The molecule has 0 bridgehead atoms. The van der Waals surface area contributed by atoms with Crippen LogP contribution in [0.25, 0.3) is 0 Å². The van der Waals surface area contributed by atoms with Crippen molar-refractivity contribution in [2.24, 2.45) is 17.8 Å². The Bertz CT molecular complexity index is 692. The minimum Gasteiger partial charge on any atom is -0.461 e. The average molecular weight is 352 g/mol. The lowest BCUT2D eigenvalue weighted by molar-refractivity contribution is -0.151. The molecule has 0 saturated carbocycles. The summed E-state index contributed by atoms with van der Waals surface area (Å²) in [6.45, 7) is 6.23. The number of carbonyl (C=O) groups is 2. The van der Waals surface area contributed by atoms with Crippen molar-refractivity contribution in [3.05, 3.63) is 71.8 Å². The van der Waals surface area contributed by atoms with E-state index < -0.39 is 5.92 Å². The minimum atomic E-state index is -0.449. The lowest BCUT2D eigenvalue weighted by Crippen LogP contribution is -2.27. The first kappa shape index (κ1) is 19.9. The molecule has 0 saturated heterocycles. The molecule has 0 spiro atoms. The number of hydrogen-bond acceptors (Lipinski definition) is 3. The third-order valence-corrected chi connectivity index (χ3v) is 4.84. The van der Waals surface area contributed by atoms with Crippen molar-refractivity contribution in [2.45, 2.75) is 40.2 Å². The van der Waals surface area contributed by atoms with E-state index in [1.807, 2.05) is 81.4 Å². The van der Waals surface area contributed by atoms with Crippen LogP contribution < -0.4 is 0 Å². The minimum absolute atomic E-state index is 0.0600. The fourth-order valence-corrected chi connectivity index (χ4v) is 2.78. The summed E-state index contributed by atoms with van der Waals surface area (Å²) in [5, 5.41) is 0. The lowest BCUT2D eigenvalue weighted by atomic mass is 9.86. The molecule has 0 fully saturated rings. The molecule has 0 aliphatic carbocycles. The van der Waals surface area contributed by atoms with E-state index in [4.69, 9.17) is 4.74 Å². The SMILES string of the molecule is CC(C)[C@H](C)C(=O)C[C@@H](Cc1ccccc1)C(=O)OCc1ccccc1. The van der Waals surface area contributed by atoms with E-state index in [9.17, 15) is 9.59 Å². The van der Waals surface area contributed by atoms with Crippen molar-refractivity contribution >= 4 is 11.8 Å². The predicted octanol–water partition coefficient (Wildman–Crippen LogP) is 4.84. The number of benzene rings is 2. The second kappa shape index (κ2) is 9.91. The molecule has 0 radical (unpaired) electrons. The van der Waals surface area contributed by atoms with Gasteiger partial charge in [-0.2, -0.15) is 0 Å². The van der Waals surface area contributed by atoms with Gasteiger partial charge in [-0.15, -0.1) is 0 Å². The van der Waals surface area contributed by atoms with Gasteiger partial charge in [0, 0.05) is 12.3 Å². The second-order valence-electron chi connectivity index (χ2n) is 7.18. The van der Waals surface area contributed by atoms with Crippen molar-refractivity contribution in [3.63, 3.8) is 0 Å². The Kier molecular flexibility index (Phi) is 7.58. The van der Waals surface area contributed by atoms with Crippen LogP contribution in [0.1, 0.15) is 38.3 Å². The van der Waals surface area contributed by atoms with E-state index in [0.29, 0.717) is 6.42 Å². The Hall–Kier alpha value is -2.42. The molecule has 26 heavy (non-hydrogen) atoms. The molecule has 2 atom stereocenters. The van der Waals surface area contributed by atoms with Gasteiger partial charge >= 0.3 is 5.97 Å². The standard InChI is InChI=1S/C23H28O3/c1-17(2)18(3)22(24)15-21(14-19-10-6-4-7-11-19)23(25)26-16-20-12-8-5-9-13-20/h4-13,17-18,21H,14-16H2,1-3H3/t18-,21+/m0/s1. The van der Waals surface area contributed by atoms with E-state index in [0.717, 1.165) is 11.1 Å². The van der Waals surface area contributed by atoms with Crippen LogP contribution in [0, 0.1) is 17.8 Å². The van der Waals surface area contributed by atoms with Crippen molar-refractivity contribution < 1.29 is 14.3 Å². The maximum atomic E-state index is 12.7. The quantitative estimate of drug-likeness (QED) is 0.607. The van der Waals surface area contributed by atoms with Crippen LogP contribution in [-0.4, -0.2) is 11.8 Å². The van der Waals surface area contributed by atoms with Gasteiger partial charge in [0.05, 0.1) is 5.92 Å². The summed E-state index contributed by atoms with van der Waals surface area (Å²) in [7, 11) is 0. The maximum Gasteiger partial charge on any atom is 0.310 e. The van der Waals surface area contributed by atoms with Crippen molar-refractivity contribution in [1.82, 2.24) is 0 Å². The van der Waals surface area contributed by atoms with E-state index >= 15 is 0 Å². The van der Waals surface area contributed by atoms with Gasteiger partial charge in [-0.1, -0.05) is 81.4 Å². The van der Waals surface area contributed by atoms with Crippen LogP contribution in [0.3, 0.4) is 0 Å². The summed E-state index contributed by atoms with van der Waals surface area (Å²) in [4.78, 5) is 25.2. The van der Waals surface area contributed by atoms with Gasteiger partial charge in [0.1, 0.15) is 12.4 Å². The van der Waals surface area contributed by atoms with Crippen LogP contribution in [0.15, 0.2) is 60.7 Å². The Morgan fingerprint density at radius 2 is 1.38 bits per heavy atom. The zero-order valence-corrected chi connectivity index (χ0v) is 15.9. The molecule has 0 N–H and O–H groups in total. The highest BCUT2D eigenvalue weighted by molar-refractivity contribution is 5.86. The summed E-state index contributed by atoms with van der Waals surface area (Å²) in [5.74, 6) is -0.426. The molecule has 0 unspecified atom stereocenters. The number of ketones is 1. The lowest BCUT2D eigenvalue weighted by Gasteiger charge is -2.19. The Morgan fingerprint density at radius 3 is 1.92 bits per heavy atom. The normalized spacial score (nSPS) is 13.2. The fraction of sp³-hybridized carbons (Fsp3) is 0.391. The largest absolute Gasteiger partial charge is 0.461 e. The number of rotatable bonds is 9. The first-order valence-electron chi connectivity index (χ1n) is 9.24. The monoisotopic (exact) mass is 352 g/mol. The molecule has 0 amide bonds. The summed E-state index contributed by atoms with van der Waals surface area (Å²) in [6.07, 6.45) is 0.743. The highest BCUT2D eigenvalue weighted by atomic mass is 16.5. The van der Waals surface area contributed by atoms with E-state index in [1.165, 1.54) is 0 Å². The number of esters is 1. The fourth-order valence-electron chi connectivity index (χ4n) is 2.78. The van der Waals surface area contributed by atoms with Gasteiger partial charge in [0.25, 0.3) is 0 Å². The van der Waals surface area contributed by atoms with Gasteiger partial charge in [-0.05, 0) is 23.5 Å². The van der Waals surface area contributed by atoms with Crippen molar-refractivity contribution in [2.75, 3.05) is 0 Å². The molecule has 2 aromatic carbocycles. The molecule has 0 heterocycles. The third kappa shape index (κ3) is 6.14. The smallest absolute Gasteiger partial charge is 0.310 e. The molecule has 138 valence electrons. The summed E-state index contributed by atoms with van der Waals surface area (Å²) < 4.78 is 5.51. The molecular formula is C23H28O3. The van der Waals surface area contributed by atoms with Gasteiger partial charge in [0.2, 0.25) is 0 Å². The predicted molar refractivity (Wildman–Crippen MR) is 104 cm³/mol. The van der Waals surface area contributed by atoms with Gasteiger partial charge < -0.3 is 4.74 Å². The topological polar surface area (TPSA) is 43.4 Å². The van der Waals surface area contributed by atoms with E-state index in [2.05, 4.69) is 0 Å². The van der Waals surface area contributed by atoms with Crippen LogP contribution in [-0.2, 0) is 27.4 Å².